The predicted molar refractivity (Wildman–Crippen MR) is 98.1 cm³/mol. The number of rotatable bonds is 6. The molecule has 0 radical (unpaired) electrons. The SMILES string of the molecule is COc1ccc2c(c1)OCCC[C@@H]2NC[C@H](c1cnn(C)c1)N(C)C. The van der Waals surface area contributed by atoms with Gasteiger partial charge in [-0.25, -0.2) is 0 Å². The molecule has 6 nitrogen and oxygen atoms in total. The van der Waals surface area contributed by atoms with Crippen LogP contribution in [0.1, 0.15) is 36.1 Å². The maximum absolute atomic E-state index is 5.92. The van der Waals surface area contributed by atoms with Crippen LogP contribution < -0.4 is 14.8 Å². The third-order valence-electron chi connectivity index (χ3n) is 4.78. The van der Waals surface area contributed by atoms with E-state index in [2.05, 4.69) is 41.7 Å². The molecule has 0 saturated carbocycles. The molecule has 0 saturated heterocycles. The minimum Gasteiger partial charge on any atom is -0.497 e. The molecule has 0 spiro atoms. The van der Waals surface area contributed by atoms with Crippen molar-refractivity contribution < 1.29 is 9.47 Å². The minimum atomic E-state index is 0.277. The Kier molecular flexibility index (Phi) is 5.60. The molecule has 1 aromatic heterocycles. The van der Waals surface area contributed by atoms with E-state index in [0.717, 1.165) is 37.5 Å². The second-order valence-electron chi connectivity index (χ2n) is 6.78. The van der Waals surface area contributed by atoms with Crippen LogP contribution in [-0.4, -0.2) is 49.0 Å². The molecule has 2 heterocycles. The molecular weight excluding hydrogens is 316 g/mol. The standard InChI is InChI=1S/C19H28N4O2/c1-22(2)18(14-11-21-23(3)13-14)12-20-17-6-5-9-25-19-10-15(24-4)7-8-16(17)19/h7-8,10-11,13,17-18,20H,5-6,9,12H2,1-4H3/t17-,18+/m0/s1. The summed E-state index contributed by atoms with van der Waals surface area (Å²) in [5.74, 6) is 1.76. The van der Waals surface area contributed by atoms with E-state index in [4.69, 9.17) is 9.47 Å². The highest BCUT2D eigenvalue weighted by Gasteiger charge is 2.23. The molecule has 1 aliphatic heterocycles. The first-order valence-electron chi connectivity index (χ1n) is 8.77. The van der Waals surface area contributed by atoms with Gasteiger partial charge in [-0.15, -0.1) is 0 Å². The molecule has 136 valence electrons. The van der Waals surface area contributed by atoms with E-state index in [1.54, 1.807) is 7.11 Å². The molecule has 0 fully saturated rings. The quantitative estimate of drug-likeness (QED) is 0.873. The number of hydrogen-bond acceptors (Lipinski definition) is 5. The van der Waals surface area contributed by atoms with E-state index < -0.39 is 0 Å². The van der Waals surface area contributed by atoms with Crippen molar-refractivity contribution in [3.63, 3.8) is 0 Å². The highest BCUT2D eigenvalue weighted by atomic mass is 16.5. The number of fused-ring (bicyclic) bond motifs is 1. The Morgan fingerprint density at radius 1 is 1.44 bits per heavy atom. The van der Waals surface area contributed by atoms with Crippen LogP contribution in [0.5, 0.6) is 11.5 Å². The fourth-order valence-corrected chi connectivity index (χ4v) is 3.36. The number of likely N-dealkylation sites (N-methyl/N-ethyl adjacent to an activating group) is 1. The number of nitrogens with one attached hydrogen (secondary N) is 1. The van der Waals surface area contributed by atoms with Gasteiger partial charge in [-0.2, -0.15) is 5.10 Å². The Morgan fingerprint density at radius 2 is 2.28 bits per heavy atom. The molecule has 1 aliphatic rings. The predicted octanol–water partition coefficient (Wildman–Crippen LogP) is 2.53. The summed E-state index contributed by atoms with van der Waals surface area (Å²) >= 11 is 0. The normalized spacial score (nSPS) is 18.4. The van der Waals surface area contributed by atoms with Crippen LogP contribution in [0, 0.1) is 0 Å². The second kappa shape index (κ2) is 7.89. The minimum absolute atomic E-state index is 0.277. The number of nitrogens with zero attached hydrogens (tertiary/aromatic N) is 3. The summed E-state index contributed by atoms with van der Waals surface area (Å²) < 4.78 is 13.1. The van der Waals surface area contributed by atoms with Crippen molar-refractivity contribution in [1.82, 2.24) is 20.0 Å². The number of methoxy groups -OCH3 is 1. The summed E-state index contributed by atoms with van der Waals surface area (Å²) in [5, 5.41) is 8.06. The summed E-state index contributed by atoms with van der Waals surface area (Å²) in [5.41, 5.74) is 2.43. The van der Waals surface area contributed by atoms with Gasteiger partial charge in [0.2, 0.25) is 0 Å². The molecule has 2 atom stereocenters. The smallest absolute Gasteiger partial charge is 0.127 e. The molecular formula is C19H28N4O2. The first kappa shape index (κ1) is 17.8. The first-order chi connectivity index (χ1) is 12.1. The molecule has 6 heteroatoms. The van der Waals surface area contributed by atoms with Crippen LogP contribution in [-0.2, 0) is 7.05 Å². The topological polar surface area (TPSA) is 51.6 Å². The lowest BCUT2D eigenvalue weighted by Gasteiger charge is -2.27. The molecule has 0 aliphatic carbocycles. The number of benzene rings is 1. The Morgan fingerprint density at radius 3 is 2.96 bits per heavy atom. The Balaban J connectivity index is 1.75. The van der Waals surface area contributed by atoms with Crippen molar-refractivity contribution in [2.45, 2.75) is 24.9 Å². The van der Waals surface area contributed by atoms with Gasteiger partial charge in [0.1, 0.15) is 11.5 Å². The van der Waals surface area contributed by atoms with Gasteiger partial charge in [0.15, 0.2) is 0 Å². The van der Waals surface area contributed by atoms with Gasteiger partial charge in [-0.3, -0.25) is 4.68 Å². The molecule has 0 bridgehead atoms. The van der Waals surface area contributed by atoms with E-state index in [1.807, 2.05) is 30.1 Å². The maximum atomic E-state index is 5.92. The number of aryl methyl sites for hydroxylation is 1. The highest BCUT2D eigenvalue weighted by Crippen LogP contribution is 2.34. The van der Waals surface area contributed by atoms with Gasteiger partial charge in [-0.05, 0) is 33.0 Å². The number of ether oxygens (including phenoxy) is 2. The molecule has 0 amide bonds. The van der Waals surface area contributed by atoms with Gasteiger partial charge in [0.25, 0.3) is 0 Å². The molecule has 2 aromatic rings. The fourth-order valence-electron chi connectivity index (χ4n) is 3.36. The molecule has 1 N–H and O–H groups in total. The second-order valence-corrected chi connectivity index (χ2v) is 6.78. The van der Waals surface area contributed by atoms with Crippen molar-refractivity contribution in [1.29, 1.82) is 0 Å². The zero-order valence-corrected chi connectivity index (χ0v) is 15.5. The highest BCUT2D eigenvalue weighted by molar-refractivity contribution is 5.43. The van der Waals surface area contributed by atoms with Crippen molar-refractivity contribution in [2.75, 3.05) is 34.4 Å². The summed E-state index contributed by atoms with van der Waals surface area (Å²) in [6.07, 6.45) is 6.13. The molecule has 25 heavy (non-hydrogen) atoms. The third-order valence-corrected chi connectivity index (χ3v) is 4.78. The lowest BCUT2D eigenvalue weighted by atomic mass is 10.0. The number of aromatic nitrogens is 2. The zero-order valence-electron chi connectivity index (χ0n) is 15.5. The van der Waals surface area contributed by atoms with Gasteiger partial charge in [0, 0.05) is 49.1 Å². The van der Waals surface area contributed by atoms with Crippen molar-refractivity contribution >= 4 is 0 Å². The van der Waals surface area contributed by atoms with Crippen LogP contribution in [0.4, 0.5) is 0 Å². The van der Waals surface area contributed by atoms with E-state index >= 15 is 0 Å². The van der Waals surface area contributed by atoms with E-state index in [-0.39, 0.29) is 12.1 Å². The van der Waals surface area contributed by atoms with Crippen molar-refractivity contribution in [3.8, 4) is 11.5 Å². The molecule has 3 rings (SSSR count). The zero-order chi connectivity index (χ0) is 17.8. The van der Waals surface area contributed by atoms with Crippen molar-refractivity contribution in [3.05, 3.63) is 41.7 Å². The Hall–Kier alpha value is -2.05. The van der Waals surface area contributed by atoms with Crippen LogP contribution in [0.3, 0.4) is 0 Å². The molecule has 1 aromatic carbocycles. The Bertz CT molecular complexity index is 698. The Labute approximate surface area is 149 Å². The van der Waals surface area contributed by atoms with Crippen molar-refractivity contribution in [2.24, 2.45) is 7.05 Å². The van der Waals surface area contributed by atoms with E-state index in [9.17, 15) is 0 Å². The average Bonchev–Trinajstić information content (AvgIpc) is 2.91. The molecule has 0 unspecified atom stereocenters. The third kappa shape index (κ3) is 4.14. The average molecular weight is 344 g/mol. The van der Waals surface area contributed by atoms with Gasteiger partial charge in [-0.1, -0.05) is 6.07 Å². The summed E-state index contributed by atoms with van der Waals surface area (Å²) in [4.78, 5) is 2.23. The monoisotopic (exact) mass is 344 g/mol. The van der Waals surface area contributed by atoms with Crippen LogP contribution in [0.15, 0.2) is 30.6 Å². The van der Waals surface area contributed by atoms with Gasteiger partial charge >= 0.3 is 0 Å². The number of hydrogen-bond donors (Lipinski definition) is 1. The largest absolute Gasteiger partial charge is 0.497 e. The van der Waals surface area contributed by atoms with Crippen LogP contribution in [0.25, 0.3) is 0 Å². The summed E-state index contributed by atoms with van der Waals surface area (Å²) in [7, 11) is 7.85. The van der Waals surface area contributed by atoms with Gasteiger partial charge < -0.3 is 19.7 Å². The van der Waals surface area contributed by atoms with Gasteiger partial charge in [0.05, 0.1) is 19.9 Å². The summed E-state index contributed by atoms with van der Waals surface area (Å²) in [6, 6.07) is 6.67. The van der Waals surface area contributed by atoms with Crippen LogP contribution >= 0.6 is 0 Å². The maximum Gasteiger partial charge on any atom is 0.127 e. The summed E-state index contributed by atoms with van der Waals surface area (Å²) in [6.45, 7) is 1.60. The van der Waals surface area contributed by atoms with Crippen LogP contribution in [0.2, 0.25) is 0 Å². The lowest BCUT2D eigenvalue weighted by Crippen LogP contribution is -2.33. The van der Waals surface area contributed by atoms with E-state index in [0.29, 0.717) is 0 Å². The first-order valence-corrected chi connectivity index (χ1v) is 8.77. The van der Waals surface area contributed by atoms with E-state index in [1.165, 1.54) is 11.1 Å². The lowest BCUT2D eigenvalue weighted by molar-refractivity contribution is 0.276. The fraction of sp³-hybridized carbons (Fsp3) is 0.526.